The molecule has 1 aromatic rings. The Morgan fingerprint density at radius 2 is 1.54 bits per heavy atom. The molecule has 0 spiro atoms. The second-order valence-electron chi connectivity index (χ2n) is 7.03. The lowest BCUT2D eigenvalue weighted by atomic mass is 10.2. The first-order valence-corrected chi connectivity index (χ1v) is 11.0. The van der Waals surface area contributed by atoms with E-state index in [4.69, 9.17) is 18.0 Å². The van der Waals surface area contributed by atoms with Gasteiger partial charge in [-0.1, -0.05) is 30.3 Å². The molecule has 0 aliphatic carbocycles. The minimum absolute atomic E-state index is 0.140. The number of esters is 1. The van der Waals surface area contributed by atoms with E-state index >= 15 is 0 Å². The predicted molar refractivity (Wildman–Crippen MR) is 104 cm³/mol. The fourth-order valence-corrected chi connectivity index (χ4v) is 4.56. The number of carbonyl (C=O) groups is 1. The van der Waals surface area contributed by atoms with E-state index in [0.717, 1.165) is 42.0 Å². The lowest BCUT2D eigenvalue weighted by Gasteiger charge is -2.31. The average Bonchev–Trinajstić information content (AvgIpc) is 2.64. The highest BCUT2D eigenvalue weighted by atomic mass is 28.4. The summed E-state index contributed by atoms with van der Waals surface area (Å²) in [5, 5.41) is 0. The van der Waals surface area contributed by atoms with Crippen LogP contribution in [0.25, 0.3) is 0 Å². The van der Waals surface area contributed by atoms with Crippen LogP contribution in [0.5, 0.6) is 0 Å². The molecule has 0 aromatic heterocycles. The maximum atomic E-state index is 11.9. The molecule has 0 N–H and O–H groups in total. The van der Waals surface area contributed by atoms with E-state index in [1.165, 1.54) is 0 Å². The minimum Gasteiger partial charge on any atom is -0.461 e. The third kappa shape index (κ3) is 8.42. The van der Waals surface area contributed by atoms with Gasteiger partial charge in [-0.3, -0.25) is 4.79 Å². The number of carbonyl (C=O) groups excluding carboxylic acids is 1. The van der Waals surface area contributed by atoms with Crippen molar-refractivity contribution in [2.24, 2.45) is 0 Å². The second kappa shape index (κ2) is 11.5. The number of rotatable bonds is 13. The van der Waals surface area contributed by atoms with Crippen LogP contribution in [0.1, 0.15) is 24.8 Å². The van der Waals surface area contributed by atoms with Crippen molar-refractivity contribution in [1.29, 1.82) is 0 Å². The first-order valence-electron chi connectivity index (χ1n) is 9.03. The van der Waals surface area contributed by atoms with Crippen LogP contribution in [0, 0.1) is 0 Å². The third-order valence-electron chi connectivity index (χ3n) is 4.57. The van der Waals surface area contributed by atoms with Gasteiger partial charge in [-0.25, -0.2) is 0 Å². The van der Waals surface area contributed by atoms with E-state index in [-0.39, 0.29) is 5.97 Å². The zero-order chi connectivity index (χ0) is 19.5. The summed E-state index contributed by atoms with van der Waals surface area (Å²) in [6.07, 6.45) is 2.20. The summed E-state index contributed by atoms with van der Waals surface area (Å²) >= 11 is 0. The normalized spacial score (nSPS) is 12.2. The molecule has 148 valence electrons. The van der Waals surface area contributed by atoms with Gasteiger partial charge in [0.2, 0.25) is 0 Å². The fraction of sp³-hybridized carbons (Fsp3) is 0.632. The van der Waals surface area contributed by atoms with Crippen LogP contribution < -0.4 is 0 Å². The lowest BCUT2D eigenvalue weighted by Crippen LogP contribution is -2.45. The molecule has 0 aliphatic rings. The molecule has 0 aliphatic heterocycles. The summed E-state index contributed by atoms with van der Waals surface area (Å²) in [5.74, 6) is -0.140. The molecule has 1 rings (SSSR count). The Kier molecular flexibility index (Phi) is 10.0. The monoisotopic (exact) mass is 384 g/mol. The maximum Gasteiger partial charge on any atom is 0.500 e. The number of hydrogen-bond acceptors (Lipinski definition) is 5. The zero-order valence-corrected chi connectivity index (χ0v) is 17.8. The maximum absolute atomic E-state index is 11.9. The van der Waals surface area contributed by atoms with Gasteiger partial charge in [-0.2, -0.15) is 0 Å². The molecule has 6 nitrogen and oxygen atoms in total. The molecule has 26 heavy (non-hydrogen) atoms. The quantitative estimate of drug-likeness (QED) is 0.297. The van der Waals surface area contributed by atoms with Crippen molar-refractivity contribution in [3.8, 4) is 0 Å². The molecule has 0 heterocycles. The number of quaternary nitrogens is 1. The molecular weight excluding hydrogens is 350 g/mol. The highest BCUT2D eigenvalue weighted by Crippen LogP contribution is 2.16. The van der Waals surface area contributed by atoms with Gasteiger partial charge in [0.1, 0.15) is 6.61 Å². The van der Waals surface area contributed by atoms with Crippen molar-refractivity contribution in [3.05, 3.63) is 35.9 Å². The Balaban J connectivity index is 2.24. The Labute approximate surface area is 159 Å². The van der Waals surface area contributed by atoms with Gasteiger partial charge in [0.05, 0.1) is 33.6 Å². The molecule has 0 unspecified atom stereocenters. The van der Waals surface area contributed by atoms with Crippen molar-refractivity contribution in [2.45, 2.75) is 31.9 Å². The first-order chi connectivity index (χ1) is 12.4. The van der Waals surface area contributed by atoms with Crippen LogP contribution >= 0.6 is 0 Å². The molecule has 1 aromatic carbocycles. The topological polar surface area (TPSA) is 54.0 Å². The number of ether oxygens (including phenoxy) is 1. The highest BCUT2D eigenvalue weighted by Gasteiger charge is 2.37. The van der Waals surface area contributed by atoms with Gasteiger partial charge in [0.25, 0.3) is 0 Å². The van der Waals surface area contributed by atoms with Crippen molar-refractivity contribution in [1.82, 2.24) is 0 Å². The molecule has 0 saturated carbocycles. The number of nitrogens with zero attached hydrogens (tertiary/aromatic N) is 1. The van der Waals surface area contributed by atoms with E-state index in [1.807, 2.05) is 30.3 Å². The molecule has 0 atom stereocenters. The molecule has 0 bridgehead atoms. The Morgan fingerprint density at radius 3 is 2.12 bits per heavy atom. The second-order valence-corrected chi connectivity index (χ2v) is 10.1. The van der Waals surface area contributed by atoms with Crippen LogP contribution in [0.15, 0.2) is 30.3 Å². The van der Waals surface area contributed by atoms with E-state index in [2.05, 4.69) is 14.1 Å². The Bertz CT molecular complexity index is 512. The summed E-state index contributed by atoms with van der Waals surface area (Å²) in [5.41, 5.74) is 1.01. The smallest absolute Gasteiger partial charge is 0.461 e. The van der Waals surface area contributed by atoms with Crippen molar-refractivity contribution >= 4 is 14.8 Å². The lowest BCUT2D eigenvalue weighted by molar-refractivity contribution is -0.890. The SMILES string of the molecule is CO[Si](CCC[N+](C)(C)CCCC(=O)OCc1ccccc1)(OC)OC. The van der Waals surface area contributed by atoms with Gasteiger partial charge in [0.15, 0.2) is 0 Å². The van der Waals surface area contributed by atoms with Crippen LogP contribution in [0.4, 0.5) is 0 Å². The molecular formula is C19H34NO5Si+. The van der Waals surface area contributed by atoms with Crippen molar-refractivity contribution < 1.29 is 27.3 Å². The van der Waals surface area contributed by atoms with Gasteiger partial charge in [-0.05, 0) is 5.56 Å². The van der Waals surface area contributed by atoms with Crippen molar-refractivity contribution in [3.63, 3.8) is 0 Å². The summed E-state index contributed by atoms with van der Waals surface area (Å²) < 4.78 is 22.5. The van der Waals surface area contributed by atoms with Gasteiger partial charge >= 0.3 is 14.8 Å². The predicted octanol–water partition coefficient (Wildman–Crippen LogP) is 2.85. The van der Waals surface area contributed by atoms with E-state index < -0.39 is 8.80 Å². The minimum atomic E-state index is -2.49. The van der Waals surface area contributed by atoms with Gasteiger partial charge in [0, 0.05) is 40.2 Å². The number of benzene rings is 1. The molecule has 0 radical (unpaired) electrons. The largest absolute Gasteiger partial charge is 0.500 e. The van der Waals surface area contributed by atoms with Crippen molar-refractivity contribution in [2.75, 3.05) is 48.5 Å². The molecule has 0 fully saturated rings. The zero-order valence-electron chi connectivity index (χ0n) is 16.8. The highest BCUT2D eigenvalue weighted by molar-refractivity contribution is 6.60. The number of hydrogen-bond donors (Lipinski definition) is 0. The standard InChI is InChI=1S/C19H34NO5Si/c1-20(2,15-10-16-26(22-3,23-4)24-5)14-9-13-19(21)25-17-18-11-7-6-8-12-18/h6-8,11-12H,9-10,13-17H2,1-5H3/q+1. The third-order valence-corrected chi connectivity index (χ3v) is 7.40. The average molecular weight is 385 g/mol. The summed E-state index contributed by atoms with van der Waals surface area (Å²) in [6, 6.07) is 10.5. The molecule has 7 heteroatoms. The van der Waals surface area contributed by atoms with Crippen LogP contribution in [0.2, 0.25) is 6.04 Å². The first kappa shape index (κ1) is 22.8. The van der Waals surface area contributed by atoms with Gasteiger partial charge in [-0.15, -0.1) is 0 Å². The summed E-state index contributed by atoms with van der Waals surface area (Å²) in [6.45, 7) is 2.24. The van der Waals surface area contributed by atoms with E-state index in [0.29, 0.717) is 13.0 Å². The van der Waals surface area contributed by atoms with Crippen LogP contribution in [-0.2, 0) is 29.4 Å². The molecule has 0 amide bonds. The van der Waals surface area contributed by atoms with E-state index in [9.17, 15) is 4.79 Å². The van der Waals surface area contributed by atoms with Crippen LogP contribution in [0.3, 0.4) is 0 Å². The van der Waals surface area contributed by atoms with Crippen LogP contribution in [-0.4, -0.2) is 67.8 Å². The summed E-state index contributed by atoms with van der Waals surface area (Å²) in [7, 11) is 6.77. The Hall–Kier alpha value is -1.25. The van der Waals surface area contributed by atoms with E-state index in [1.54, 1.807) is 21.3 Å². The van der Waals surface area contributed by atoms with Gasteiger partial charge < -0.3 is 22.5 Å². The Morgan fingerprint density at radius 1 is 0.962 bits per heavy atom. The molecule has 0 saturated heterocycles. The summed E-state index contributed by atoms with van der Waals surface area (Å²) in [4.78, 5) is 11.9. The fourth-order valence-electron chi connectivity index (χ4n) is 2.85.